The van der Waals surface area contributed by atoms with Gasteiger partial charge in [0.2, 0.25) is 5.91 Å². The highest BCUT2D eigenvalue weighted by molar-refractivity contribution is 5.82. The topological polar surface area (TPSA) is 44.8 Å². The molecule has 1 fully saturated rings. The third kappa shape index (κ3) is 3.17. The van der Waals surface area contributed by atoms with Crippen LogP contribution in [-0.2, 0) is 4.79 Å². The summed E-state index contributed by atoms with van der Waals surface area (Å²) in [5, 5.41) is 3.26. The maximum atomic E-state index is 12.0. The molecular formula is C14H21N3O2. The summed E-state index contributed by atoms with van der Waals surface area (Å²) in [6.07, 6.45) is 0. The van der Waals surface area contributed by atoms with E-state index in [0.717, 1.165) is 24.5 Å². The van der Waals surface area contributed by atoms with Crippen molar-refractivity contribution in [2.24, 2.45) is 0 Å². The first kappa shape index (κ1) is 13.7. The van der Waals surface area contributed by atoms with Crippen molar-refractivity contribution in [2.75, 3.05) is 45.7 Å². The van der Waals surface area contributed by atoms with E-state index in [1.54, 1.807) is 26.1 Å². The van der Waals surface area contributed by atoms with Crippen LogP contribution in [0.15, 0.2) is 24.3 Å². The second-order valence-electron chi connectivity index (χ2n) is 4.88. The van der Waals surface area contributed by atoms with Crippen molar-refractivity contribution in [3.63, 3.8) is 0 Å². The standard InChI is InChI=1S/C14H21N3O2/c1-16(2)14(18)13-10-17(9-8-15-13)11-4-6-12(19-3)7-5-11/h4-7,13,15H,8-10H2,1-3H3. The Hall–Kier alpha value is -1.75. The number of rotatable bonds is 3. The van der Waals surface area contributed by atoms with E-state index in [9.17, 15) is 4.79 Å². The van der Waals surface area contributed by atoms with Crippen molar-refractivity contribution in [3.8, 4) is 5.75 Å². The molecule has 0 aromatic heterocycles. The molecule has 5 nitrogen and oxygen atoms in total. The number of ether oxygens (including phenoxy) is 1. The average molecular weight is 263 g/mol. The first-order valence-corrected chi connectivity index (χ1v) is 6.45. The molecule has 0 saturated carbocycles. The lowest BCUT2D eigenvalue weighted by molar-refractivity contribution is -0.130. The van der Waals surface area contributed by atoms with Gasteiger partial charge in [-0.25, -0.2) is 0 Å². The van der Waals surface area contributed by atoms with E-state index in [0.29, 0.717) is 6.54 Å². The van der Waals surface area contributed by atoms with Crippen LogP contribution in [0.5, 0.6) is 5.75 Å². The molecule has 1 aliphatic heterocycles. The molecule has 0 radical (unpaired) electrons. The number of methoxy groups -OCH3 is 1. The molecule has 0 aliphatic carbocycles. The van der Waals surface area contributed by atoms with Gasteiger partial charge in [0, 0.05) is 39.4 Å². The zero-order valence-corrected chi connectivity index (χ0v) is 11.7. The fraction of sp³-hybridized carbons (Fsp3) is 0.500. The van der Waals surface area contributed by atoms with Crippen molar-refractivity contribution in [1.29, 1.82) is 0 Å². The second-order valence-corrected chi connectivity index (χ2v) is 4.88. The van der Waals surface area contributed by atoms with E-state index < -0.39 is 0 Å². The Balaban J connectivity index is 2.05. The van der Waals surface area contributed by atoms with Gasteiger partial charge in [0.15, 0.2) is 0 Å². The third-order valence-corrected chi connectivity index (χ3v) is 3.35. The zero-order valence-electron chi connectivity index (χ0n) is 11.7. The number of anilines is 1. The Morgan fingerprint density at radius 2 is 2.05 bits per heavy atom. The minimum Gasteiger partial charge on any atom is -0.497 e. The normalized spacial score (nSPS) is 19.1. The Morgan fingerprint density at radius 3 is 2.63 bits per heavy atom. The van der Waals surface area contributed by atoms with Crippen LogP contribution in [0.3, 0.4) is 0 Å². The number of hydrogen-bond acceptors (Lipinski definition) is 4. The van der Waals surface area contributed by atoms with E-state index in [1.165, 1.54) is 0 Å². The van der Waals surface area contributed by atoms with E-state index in [1.807, 2.05) is 24.3 Å². The van der Waals surface area contributed by atoms with Crippen molar-refractivity contribution in [1.82, 2.24) is 10.2 Å². The maximum Gasteiger partial charge on any atom is 0.241 e. The quantitative estimate of drug-likeness (QED) is 0.865. The van der Waals surface area contributed by atoms with Crippen molar-refractivity contribution < 1.29 is 9.53 Å². The van der Waals surface area contributed by atoms with E-state index in [4.69, 9.17) is 4.74 Å². The first-order chi connectivity index (χ1) is 9.11. The number of amides is 1. The largest absolute Gasteiger partial charge is 0.497 e. The molecule has 5 heteroatoms. The average Bonchev–Trinajstić information content (AvgIpc) is 2.46. The molecule has 1 heterocycles. The number of benzene rings is 1. The van der Waals surface area contributed by atoms with Gasteiger partial charge in [-0.15, -0.1) is 0 Å². The number of piperazine rings is 1. The summed E-state index contributed by atoms with van der Waals surface area (Å²) >= 11 is 0. The highest BCUT2D eigenvalue weighted by atomic mass is 16.5. The highest BCUT2D eigenvalue weighted by Gasteiger charge is 2.26. The molecule has 1 aromatic rings. The molecule has 1 aliphatic rings. The van der Waals surface area contributed by atoms with Gasteiger partial charge in [-0.1, -0.05) is 0 Å². The van der Waals surface area contributed by atoms with Gasteiger partial charge in [-0.05, 0) is 24.3 Å². The predicted molar refractivity (Wildman–Crippen MR) is 75.7 cm³/mol. The van der Waals surface area contributed by atoms with Crippen LogP contribution in [0.25, 0.3) is 0 Å². The number of carbonyl (C=O) groups excluding carboxylic acids is 1. The van der Waals surface area contributed by atoms with Crippen molar-refractivity contribution in [2.45, 2.75) is 6.04 Å². The Morgan fingerprint density at radius 1 is 1.37 bits per heavy atom. The Labute approximate surface area is 114 Å². The summed E-state index contributed by atoms with van der Waals surface area (Å²) in [6, 6.07) is 7.81. The molecule has 1 N–H and O–H groups in total. The SMILES string of the molecule is COc1ccc(N2CCNC(C(=O)N(C)C)C2)cc1. The van der Waals surface area contributed by atoms with Gasteiger partial charge in [0.05, 0.1) is 7.11 Å². The summed E-state index contributed by atoms with van der Waals surface area (Å²) in [5.74, 6) is 0.970. The molecule has 104 valence electrons. The predicted octanol–water partition coefficient (Wildman–Crippen LogP) is 0.562. The minimum atomic E-state index is -0.133. The summed E-state index contributed by atoms with van der Waals surface area (Å²) in [4.78, 5) is 15.9. The van der Waals surface area contributed by atoms with Crippen LogP contribution in [-0.4, -0.2) is 57.7 Å². The lowest BCUT2D eigenvalue weighted by atomic mass is 10.1. The molecule has 1 saturated heterocycles. The highest BCUT2D eigenvalue weighted by Crippen LogP contribution is 2.20. The van der Waals surface area contributed by atoms with Crippen LogP contribution in [0.4, 0.5) is 5.69 Å². The van der Waals surface area contributed by atoms with Crippen LogP contribution in [0.2, 0.25) is 0 Å². The molecule has 1 aromatic carbocycles. The summed E-state index contributed by atoms with van der Waals surface area (Å²) in [5.41, 5.74) is 1.12. The lowest BCUT2D eigenvalue weighted by Crippen LogP contribution is -2.57. The Bertz CT molecular complexity index is 431. The van der Waals surface area contributed by atoms with Gasteiger partial charge in [-0.2, -0.15) is 0 Å². The number of likely N-dealkylation sites (N-methyl/N-ethyl adjacent to an activating group) is 1. The van der Waals surface area contributed by atoms with E-state index in [2.05, 4.69) is 10.2 Å². The van der Waals surface area contributed by atoms with Crippen LogP contribution >= 0.6 is 0 Å². The van der Waals surface area contributed by atoms with Gasteiger partial charge in [-0.3, -0.25) is 4.79 Å². The molecule has 1 amide bonds. The molecule has 1 atom stereocenters. The van der Waals surface area contributed by atoms with Crippen molar-refractivity contribution in [3.05, 3.63) is 24.3 Å². The molecular weight excluding hydrogens is 242 g/mol. The molecule has 0 spiro atoms. The summed E-state index contributed by atoms with van der Waals surface area (Å²) < 4.78 is 5.16. The van der Waals surface area contributed by atoms with E-state index in [-0.39, 0.29) is 11.9 Å². The van der Waals surface area contributed by atoms with Gasteiger partial charge >= 0.3 is 0 Å². The minimum absolute atomic E-state index is 0.123. The molecule has 2 rings (SSSR count). The zero-order chi connectivity index (χ0) is 13.8. The van der Waals surface area contributed by atoms with Crippen LogP contribution < -0.4 is 15.0 Å². The lowest BCUT2D eigenvalue weighted by Gasteiger charge is -2.35. The number of nitrogens with zero attached hydrogens (tertiary/aromatic N) is 2. The van der Waals surface area contributed by atoms with Gasteiger partial charge < -0.3 is 19.9 Å². The first-order valence-electron chi connectivity index (χ1n) is 6.45. The van der Waals surface area contributed by atoms with Gasteiger partial charge in [0.25, 0.3) is 0 Å². The summed E-state index contributed by atoms with van der Waals surface area (Å²) in [6.45, 7) is 2.42. The smallest absolute Gasteiger partial charge is 0.241 e. The monoisotopic (exact) mass is 263 g/mol. The summed E-state index contributed by atoms with van der Waals surface area (Å²) in [7, 11) is 5.23. The fourth-order valence-corrected chi connectivity index (χ4v) is 2.25. The van der Waals surface area contributed by atoms with E-state index >= 15 is 0 Å². The van der Waals surface area contributed by atoms with Crippen LogP contribution in [0, 0.1) is 0 Å². The van der Waals surface area contributed by atoms with Crippen molar-refractivity contribution >= 4 is 11.6 Å². The molecule has 0 bridgehead atoms. The number of hydrogen-bond donors (Lipinski definition) is 1. The number of carbonyl (C=O) groups is 1. The molecule has 19 heavy (non-hydrogen) atoms. The third-order valence-electron chi connectivity index (χ3n) is 3.35. The fourth-order valence-electron chi connectivity index (χ4n) is 2.25. The Kier molecular flexibility index (Phi) is 4.27. The number of nitrogens with one attached hydrogen (secondary N) is 1. The van der Waals surface area contributed by atoms with Gasteiger partial charge in [0.1, 0.15) is 11.8 Å². The van der Waals surface area contributed by atoms with Crippen LogP contribution in [0.1, 0.15) is 0 Å². The maximum absolute atomic E-state index is 12.0. The second kappa shape index (κ2) is 5.93. The molecule has 1 unspecified atom stereocenters.